The van der Waals surface area contributed by atoms with E-state index in [2.05, 4.69) is 20.6 Å². The van der Waals surface area contributed by atoms with Crippen LogP contribution in [0.15, 0.2) is 39.9 Å². The Morgan fingerprint density at radius 3 is 2.82 bits per heavy atom. The van der Waals surface area contributed by atoms with Crippen LogP contribution in [0.3, 0.4) is 0 Å². The van der Waals surface area contributed by atoms with E-state index in [-0.39, 0.29) is 0 Å². The van der Waals surface area contributed by atoms with Crippen LogP contribution in [-0.4, -0.2) is 48.5 Å². The molecule has 1 atom stereocenters. The Morgan fingerprint density at radius 1 is 1.32 bits per heavy atom. The van der Waals surface area contributed by atoms with E-state index < -0.39 is 6.10 Å². The molecule has 1 fully saturated rings. The molecule has 0 amide bonds. The average Bonchev–Trinajstić information content (AvgIpc) is 3.39. The Bertz CT molecular complexity index is 753. The fraction of sp³-hybridized carbons (Fsp3) is 0.524. The van der Waals surface area contributed by atoms with Gasteiger partial charge in [0.15, 0.2) is 5.96 Å². The molecule has 1 aromatic carbocycles. The number of aliphatic imine (C=N–C) groups is 1. The van der Waals surface area contributed by atoms with Crippen molar-refractivity contribution in [1.29, 1.82) is 0 Å². The van der Waals surface area contributed by atoms with Crippen molar-refractivity contribution in [2.75, 3.05) is 26.3 Å². The minimum absolute atomic E-state index is 0.339. The number of nitrogens with one attached hydrogen (secondary N) is 2. The van der Waals surface area contributed by atoms with E-state index in [1.165, 1.54) is 18.4 Å². The maximum atomic E-state index is 10.0. The summed E-state index contributed by atoms with van der Waals surface area (Å²) in [7, 11) is 0. The summed E-state index contributed by atoms with van der Waals surface area (Å²) >= 11 is 0. The molecule has 0 saturated heterocycles. The van der Waals surface area contributed by atoms with Gasteiger partial charge in [-0.1, -0.05) is 17.7 Å². The van der Waals surface area contributed by atoms with E-state index in [0.717, 1.165) is 24.4 Å². The summed E-state index contributed by atoms with van der Waals surface area (Å²) in [5.41, 5.74) is 2.89. The maximum Gasteiger partial charge on any atom is 0.226 e. The van der Waals surface area contributed by atoms with Gasteiger partial charge >= 0.3 is 0 Å². The van der Waals surface area contributed by atoms with E-state index in [1.807, 2.05) is 38.1 Å². The van der Waals surface area contributed by atoms with E-state index in [1.54, 1.807) is 6.26 Å². The van der Waals surface area contributed by atoms with Crippen molar-refractivity contribution in [3.63, 3.8) is 0 Å². The molecule has 1 aliphatic carbocycles. The third-order valence-corrected chi connectivity index (χ3v) is 4.46. The SMILES string of the molecule is CCNC(=NCc1coc(-c2ccc(C)cc2)n1)NCC(O)COCC1CC1. The number of aromatic nitrogens is 1. The molecule has 0 aliphatic heterocycles. The number of aliphatic hydroxyl groups is 1. The Morgan fingerprint density at radius 2 is 2.11 bits per heavy atom. The molecule has 1 aliphatic rings. The van der Waals surface area contributed by atoms with Gasteiger partial charge in [-0.2, -0.15) is 0 Å². The zero-order valence-corrected chi connectivity index (χ0v) is 16.6. The van der Waals surface area contributed by atoms with E-state index in [9.17, 15) is 5.11 Å². The minimum atomic E-state index is -0.567. The number of aryl methyl sites for hydroxylation is 1. The second-order valence-corrected chi connectivity index (χ2v) is 7.22. The van der Waals surface area contributed by atoms with Gasteiger partial charge in [-0.3, -0.25) is 0 Å². The highest BCUT2D eigenvalue weighted by Crippen LogP contribution is 2.28. The van der Waals surface area contributed by atoms with Gasteiger partial charge in [0.1, 0.15) is 12.0 Å². The van der Waals surface area contributed by atoms with Crippen molar-refractivity contribution in [3.05, 3.63) is 41.8 Å². The topological polar surface area (TPSA) is 91.9 Å². The predicted octanol–water partition coefficient (Wildman–Crippen LogP) is 2.49. The summed E-state index contributed by atoms with van der Waals surface area (Å²) in [4.78, 5) is 9.02. The zero-order valence-electron chi connectivity index (χ0n) is 16.6. The monoisotopic (exact) mass is 386 g/mol. The summed E-state index contributed by atoms with van der Waals surface area (Å²) in [6.07, 6.45) is 3.56. The molecule has 2 aromatic rings. The summed E-state index contributed by atoms with van der Waals surface area (Å²) in [6, 6.07) is 8.05. The fourth-order valence-corrected chi connectivity index (χ4v) is 2.64. The highest BCUT2D eigenvalue weighted by Gasteiger charge is 2.21. The number of nitrogens with zero attached hydrogens (tertiary/aromatic N) is 2. The lowest BCUT2D eigenvalue weighted by molar-refractivity contribution is 0.0345. The van der Waals surface area contributed by atoms with Crippen molar-refractivity contribution >= 4 is 5.96 Å². The van der Waals surface area contributed by atoms with E-state index in [0.29, 0.717) is 37.5 Å². The number of ether oxygens (including phenoxy) is 1. The maximum absolute atomic E-state index is 10.0. The van der Waals surface area contributed by atoms with Gasteiger partial charge in [-0.25, -0.2) is 9.98 Å². The van der Waals surface area contributed by atoms with Crippen LogP contribution in [0, 0.1) is 12.8 Å². The van der Waals surface area contributed by atoms with Crippen molar-refractivity contribution in [3.8, 4) is 11.5 Å². The van der Waals surface area contributed by atoms with Gasteiger partial charge in [-0.15, -0.1) is 0 Å². The molecule has 0 spiro atoms. The normalized spacial score (nSPS) is 15.5. The molecule has 0 bridgehead atoms. The number of aliphatic hydroxyl groups excluding tert-OH is 1. The molecule has 7 heteroatoms. The lowest BCUT2D eigenvalue weighted by Gasteiger charge is -2.15. The summed E-state index contributed by atoms with van der Waals surface area (Å²) in [6.45, 7) is 6.63. The van der Waals surface area contributed by atoms with Crippen LogP contribution in [0.2, 0.25) is 0 Å². The number of guanidine groups is 1. The molecular weight excluding hydrogens is 356 g/mol. The molecule has 152 valence electrons. The third kappa shape index (κ3) is 6.65. The number of hydrogen-bond donors (Lipinski definition) is 3. The minimum Gasteiger partial charge on any atom is -0.444 e. The first-order valence-corrected chi connectivity index (χ1v) is 9.93. The highest BCUT2D eigenvalue weighted by molar-refractivity contribution is 5.79. The molecular formula is C21H30N4O3. The van der Waals surface area contributed by atoms with Crippen LogP contribution in [-0.2, 0) is 11.3 Å². The van der Waals surface area contributed by atoms with Crippen LogP contribution < -0.4 is 10.6 Å². The van der Waals surface area contributed by atoms with Crippen LogP contribution in [0.25, 0.3) is 11.5 Å². The number of rotatable bonds is 10. The fourth-order valence-electron chi connectivity index (χ4n) is 2.64. The Kier molecular flexibility index (Phi) is 7.45. The molecule has 1 aromatic heterocycles. The predicted molar refractivity (Wildman–Crippen MR) is 109 cm³/mol. The zero-order chi connectivity index (χ0) is 19.8. The van der Waals surface area contributed by atoms with Gasteiger partial charge in [0.2, 0.25) is 5.89 Å². The van der Waals surface area contributed by atoms with Gasteiger partial charge in [0.05, 0.1) is 19.3 Å². The average molecular weight is 386 g/mol. The van der Waals surface area contributed by atoms with Gasteiger partial charge in [0, 0.05) is 25.3 Å². The highest BCUT2D eigenvalue weighted by atomic mass is 16.5. The largest absolute Gasteiger partial charge is 0.444 e. The van der Waals surface area contributed by atoms with Crippen molar-refractivity contribution in [2.45, 2.75) is 39.3 Å². The van der Waals surface area contributed by atoms with Crippen molar-refractivity contribution in [1.82, 2.24) is 15.6 Å². The molecule has 3 rings (SSSR count). The summed E-state index contributed by atoms with van der Waals surface area (Å²) in [5, 5.41) is 16.3. The van der Waals surface area contributed by atoms with Crippen LogP contribution in [0.4, 0.5) is 0 Å². The first-order valence-electron chi connectivity index (χ1n) is 9.93. The number of hydrogen-bond acceptors (Lipinski definition) is 5. The van der Waals surface area contributed by atoms with Crippen molar-refractivity contribution in [2.24, 2.45) is 10.9 Å². The first-order chi connectivity index (χ1) is 13.6. The van der Waals surface area contributed by atoms with Gasteiger partial charge in [0.25, 0.3) is 0 Å². The molecule has 1 saturated carbocycles. The quantitative estimate of drug-likeness (QED) is 0.429. The van der Waals surface area contributed by atoms with E-state index in [4.69, 9.17) is 9.15 Å². The van der Waals surface area contributed by atoms with Crippen LogP contribution in [0.5, 0.6) is 0 Å². The molecule has 0 radical (unpaired) electrons. The van der Waals surface area contributed by atoms with Crippen molar-refractivity contribution < 1.29 is 14.3 Å². The Hall–Kier alpha value is -2.38. The standard InChI is InChI=1S/C21H30N4O3/c1-3-22-21(24-11-19(26)14-27-12-16-6-7-16)23-10-18-13-28-20(25-18)17-8-4-15(2)5-9-17/h4-5,8-9,13,16,19,26H,3,6-7,10-12,14H2,1-2H3,(H2,22,23,24). The molecule has 1 heterocycles. The Labute approximate surface area is 166 Å². The molecule has 28 heavy (non-hydrogen) atoms. The first kappa shape index (κ1) is 20.4. The van der Waals surface area contributed by atoms with Crippen LogP contribution >= 0.6 is 0 Å². The number of benzene rings is 1. The summed E-state index contributed by atoms with van der Waals surface area (Å²) < 4.78 is 11.1. The van der Waals surface area contributed by atoms with E-state index >= 15 is 0 Å². The van der Waals surface area contributed by atoms with Crippen LogP contribution in [0.1, 0.15) is 31.0 Å². The van der Waals surface area contributed by atoms with Gasteiger partial charge in [-0.05, 0) is 44.7 Å². The Balaban J connectivity index is 1.48. The molecule has 1 unspecified atom stereocenters. The lowest BCUT2D eigenvalue weighted by atomic mass is 10.1. The summed E-state index contributed by atoms with van der Waals surface area (Å²) in [5.74, 6) is 1.92. The lowest BCUT2D eigenvalue weighted by Crippen LogP contribution is -2.42. The van der Waals surface area contributed by atoms with Gasteiger partial charge < -0.3 is 24.9 Å². The smallest absolute Gasteiger partial charge is 0.226 e. The number of oxazole rings is 1. The molecule has 7 nitrogen and oxygen atoms in total. The second kappa shape index (κ2) is 10.2. The molecule has 3 N–H and O–H groups in total. The third-order valence-electron chi connectivity index (χ3n) is 4.46. The second-order valence-electron chi connectivity index (χ2n) is 7.22.